The predicted octanol–water partition coefficient (Wildman–Crippen LogP) is 2.28. The van der Waals surface area contributed by atoms with Gasteiger partial charge in [0.15, 0.2) is 5.82 Å². The van der Waals surface area contributed by atoms with Crippen molar-refractivity contribution in [3.05, 3.63) is 29.8 Å². The van der Waals surface area contributed by atoms with Gasteiger partial charge in [-0.2, -0.15) is 13.2 Å². The SMILES string of the molecule is FC(F)(F)c1ccc(-c2nnnn2C2CCNCC2)cc1. The van der Waals surface area contributed by atoms with Crippen molar-refractivity contribution in [3.8, 4) is 11.4 Å². The molecule has 1 fully saturated rings. The third-order valence-corrected chi connectivity index (χ3v) is 3.62. The Kier molecular flexibility index (Phi) is 3.62. The van der Waals surface area contributed by atoms with Gasteiger partial charge in [0.2, 0.25) is 0 Å². The predicted molar refractivity (Wildman–Crippen MR) is 69.4 cm³/mol. The molecule has 1 aliphatic heterocycles. The molecule has 1 aromatic carbocycles. The van der Waals surface area contributed by atoms with Gasteiger partial charge in [-0.25, -0.2) is 4.68 Å². The molecule has 0 saturated carbocycles. The van der Waals surface area contributed by atoms with Crippen LogP contribution in [-0.4, -0.2) is 33.3 Å². The van der Waals surface area contributed by atoms with Crippen LogP contribution in [0.3, 0.4) is 0 Å². The number of rotatable bonds is 2. The van der Waals surface area contributed by atoms with Crippen molar-refractivity contribution in [2.24, 2.45) is 0 Å². The maximum atomic E-state index is 12.6. The van der Waals surface area contributed by atoms with Crippen molar-refractivity contribution in [1.82, 2.24) is 25.5 Å². The Balaban J connectivity index is 1.89. The number of hydrogen-bond donors (Lipinski definition) is 1. The number of tetrazole rings is 1. The second kappa shape index (κ2) is 5.44. The molecule has 0 bridgehead atoms. The van der Waals surface area contributed by atoms with Crippen LogP contribution in [0.25, 0.3) is 11.4 Å². The summed E-state index contributed by atoms with van der Waals surface area (Å²) in [6.45, 7) is 1.77. The lowest BCUT2D eigenvalue weighted by molar-refractivity contribution is -0.137. The van der Waals surface area contributed by atoms with Gasteiger partial charge < -0.3 is 5.32 Å². The summed E-state index contributed by atoms with van der Waals surface area (Å²) in [4.78, 5) is 0. The van der Waals surface area contributed by atoms with E-state index in [4.69, 9.17) is 0 Å². The summed E-state index contributed by atoms with van der Waals surface area (Å²) in [5.41, 5.74) is -0.0846. The number of halogens is 3. The molecule has 1 N–H and O–H groups in total. The lowest BCUT2D eigenvalue weighted by Gasteiger charge is -2.23. The van der Waals surface area contributed by atoms with Gasteiger partial charge in [0.1, 0.15) is 0 Å². The first-order valence-electron chi connectivity index (χ1n) is 6.72. The molecule has 3 rings (SSSR count). The van der Waals surface area contributed by atoms with Gasteiger partial charge in [0.25, 0.3) is 0 Å². The van der Waals surface area contributed by atoms with Crippen molar-refractivity contribution >= 4 is 0 Å². The molecule has 2 aromatic rings. The van der Waals surface area contributed by atoms with Crippen LogP contribution in [0.5, 0.6) is 0 Å². The highest BCUT2D eigenvalue weighted by Crippen LogP contribution is 2.31. The maximum absolute atomic E-state index is 12.6. The molecule has 0 amide bonds. The Labute approximate surface area is 119 Å². The van der Waals surface area contributed by atoms with Crippen molar-refractivity contribution in [2.45, 2.75) is 25.1 Å². The third-order valence-electron chi connectivity index (χ3n) is 3.62. The fourth-order valence-corrected chi connectivity index (χ4v) is 2.49. The largest absolute Gasteiger partial charge is 0.416 e. The van der Waals surface area contributed by atoms with Crippen LogP contribution in [0.1, 0.15) is 24.4 Å². The van der Waals surface area contributed by atoms with Gasteiger partial charge in [-0.3, -0.25) is 0 Å². The minimum absolute atomic E-state index is 0.179. The normalized spacial score (nSPS) is 17.1. The molecule has 1 aliphatic rings. The van der Waals surface area contributed by atoms with Crippen LogP contribution < -0.4 is 5.32 Å². The molecule has 0 spiro atoms. The van der Waals surface area contributed by atoms with Gasteiger partial charge in [-0.15, -0.1) is 5.10 Å². The fourth-order valence-electron chi connectivity index (χ4n) is 2.49. The van der Waals surface area contributed by atoms with E-state index in [0.29, 0.717) is 11.4 Å². The van der Waals surface area contributed by atoms with Gasteiger partial charge in [0, 0.05) is 5.56 Å². The zero-order valence-corrected chi connectivity index (χ0v) is 11.1. The number of benzene rings is 1. The molecule has 0 aliphatic carbocycles. The second-order valence-corrected chi connectivity index (χ2v) is 5.00. The van der Waals surface area contributed by atoms with Crippen LogP contribution in [0.2, 0.25) is 0 Å². The molecular formula is C13H14F3N5. The minimum atomic E-state index is -4.33. The summed E-state index contributed by atoms with van der Waals surface area (Å²) in [6, 6.07) is 5.10. The summed E-state index contributed by atoms with van der Waals surface area (Å²) < 4.78 is 39.5. The Bertz CT molecular complexity index is 599. The van der Waals surface area contributed by atoms with Gasteiger partial charge in [0.05, 0.1) is 11.6 Å². The van der Waals surface area contributed by atoms with E-state index in [1.165, 1.54) is 12.1 Å². The smallest absolute Gasteiger partial charge is 0.317 e. The summed E-state index contributed by atoms with van der Waals surface area (Å²) in [6.07, 6.45) is -2.53. The minimum Gasteiger partial charge on any atom is -0.317 e. The van der Waals surface area contributed by atoms with Crippen LogP contribution in [0.4, 0.5) is 13.2 Å². The van der Waals surface area contributed by atoms with E-state index in [2.05, 4.69) is 20.8 Å². The number of alkyl halides is 3. The van der Waals surface area contributed by atoms with Gasteiger partial charge in [-0.05, 0) is 48.5 Å². The topological polar surface area (TPSA) is 55.6 Å². The van der Waals surface area contributed by atoms with Crippen molar-refractivity contribution < 1.29 is 13.2 Å². The maximum Gasteiger partial charge on any atom is 0.416 e. The van der Waals surface area contributed by atoms with Gasteiger partial charge >= 0.3 is 6.18 Å². The third kappa shape index (κ3) is 2.90. The Morgan fingerprint density at radius 2 is 1.76 bits per heavy atom. The van der Waals surface area contributed by atoms with Crippen LogP contribution in [0, 0.1) is 0 Å². The number of nitrogens with one attached hydrogen (secondary N) is 1. The summed E-state index contributed by atoms with van der Waals surface area (Å²) in [5.74, 6) is 0.510. The van der Waals surface area contributed by atoms with E-state index in [1.807, 2.05) is 0 Å². The summed E-state index contributed by atoms with van der Waals surface area (Å²) in [7, 11) is 0. The highest BCUT2D eigenvalue weighted by Gasteiger charge is 2.30. The van der Waals surface area contributed by atoms with Gasteiger partial charge in [-0.1, -0.05) is 12.1 Å². The quantitative estimate of drug-likeness (QED) is 0.924. The first-order valence-corrected chi connectivity index (χ1v) is 6.72. The average molecular weight is 297 g/mol. The van der Waals surface area contributed by atoms with Crippen LogP contribution >= 0.6 is 0 Å². The van der Waals surface area contributed by atoms with E-state index >= 15 is 0 Å². The highest BCUT2D eigenvalue weighted by molar-refractivity contribution is 5.55. The molecular weight excluding hydrogens is 283 g/mol. The molecule has 112 valence electrons. The molecule has 2 heterocycles. The average Bonchev–Trinajstić information content (AvgIpc) is 2.97. The molecule has 1 saturated heterocycles. The molecule has 1 aromatic heterocycles. The standard InChI is InChI=1S/C13H14F3N5/c14-13(15,16)10-3-1-9(2-4-10)12-18-19-20-21(12)11-5-7-17-8-6-11/h1-4,11,17H,5-8H2. The van der Waals surface area contributed by atoms with Crippen LogP contribution in [0.15, 0.2) is 24.3 Å². The summed E-state index contributed by atoms with van der Waals surface area (Å²) in [5, 5.41) is 14.9. The fraction of sp³-hybridized carbons (Fsp3) is 0.462. The number of aromatic nitrogens is 4. The zero-order chi connectivity index (χ0) is 14.9. The molecule has 21 heavy (non-hydrogen) atoms. The van der Waals surface area contributed by atoms with E-state index in [-0.39, 0.29) is 6.04 Å². The molecule has 5 nitrogen and oxygen atoms in total. The first kappa shape index (κ1) is 14.0. The molecule has 8 heteroatoms. The van der Waals surface area contributed by atoms with Crippen molar-refractivity contribution in [1.29, 1.82) is 0 Å². The number of hydrogen-bond acceptors (Lipinski definition) is 4. The second-order valence-electron chi connectivity index (χ2n) is 5.00. The monoisotopic (exact) mass is 297 g/mol. The Hall–Kier alpha value is -1.96. The highest BCUT2D eigenvalue weighted by atomic mass is 19.4. The van der Waals surface area contributed by atoms with E-state index < -0.39 is 11.7 Å². The molecule has 0 radical (unpaired) electrons. The lowest BCUT2D eigenvalue weighted by atomic mass is 10.1. The number of nitrogens with zero attached hydrogens (tertiary/aromatic N) is 4. The van der Waals surface area contributed by atoms with E-state index in [9.17, 15) is 13.2 Å². The lowest BCUT2D eigenvalue weighted by Crippen LogP contribution is -2.30. The van der Waals surface area contributed by atoms with E-state index in [1.54, 1.807) is 4.68 Å². The molecule has 0 unspecified atom stereocenters. The first-order chi connectivity index (χ1) is 10.1. The van der Waals surface area contributed by atoms with Crippen molar-refractivity contribution in [3.63, 3.8) is 0 Å². The van der Waals surface area contributed by atoms with E-state index in [0.717, 1.165) is 38.1 Å². The van der Waals surface area contributed by atoms with Crippen molar-refractivity contribution in [2.75, 3.05) is 13.1 Å². The van der Waals surface area contributed by atoms with Crippen LogP contribution in [-0.2, 0) is 6.18 Å². The zero-order valence-electron chi connectivity index (χ0n) is 11.1. The number of piperidine rings is 1. The summed E-state index contributed by atoms with van der Waals surface area (Å²) >= 11 is 0. The Morgan fingerprint density at radius 1 is 1.10 bits per heavy atom. The molecule has 0 atom stereocenters. The Morgan fingerprint density at radius 3 is 2.38 bits per heavy atom.